The van der Waals surface area contributed by atoms with Gasteiger partial charge in [0.05, 0.1) is 19.8 Å². The average molecular weight is 541 g/mol. The maximum Gasteiger partial charge on any atom is 0.191 e. The van der Waals surface area contributed by atoms with E-state index in [0.717, 1.165) is 50.3 Å². The minimum Gasteiger partial charge on any atom is -0.379 e. The smallest absolute Gasteiger partial charge is 0.191 e. The first kappa shape index (κ1) is 25.5. The number of guanidine groups is 1. The van der Waals surface area contributed by atoms with E-state index in [9.17, 15) is 0 Å². The molecule has 2 N–H and O–H groups in total. The molecule has 1 atom stereocenters. The van der Waals surface area contributed by atoms with Crippen molar-refractivity contribution < 1.29 is 4.74 Å². The summed E-state index contributed by atoms with van der Waals surface area (Å²) in [4.78, 5) is 6.97. The Hall–Kier alpha value is -1.72. The summed E-state index contributed by atoms with van der Waals surface area (Å²) in [5.41, 5.74) is 1.04. The number of aliphatic imine (C=N–C) groups is 1. The van der Waals surface area contributed by atoms with E-state index in [0.29, 0.717) is 18.5 Å². The summed E-state index contributed by atoms with van der Waals surface area (Å²) in [7, 11) is 1.80. The van der Waals surface area contributed by atoms with Gasteiger partial charge in [0.25, 0.3) is 0 Å². The van der Waals surface area contributed by atoms with E-state index < -0.39 is 0 Å². The zero-order valence-corrected chi connectivity index (χ0v) is 21.2. The molecule has 31 heavy (non-hydrogen) atoms. The number of rotatable bonds is 9. The van der Waals surface area contributed by atoms with Crippen molar-refractivity contribution >= 4 is 29.9 Å². The van der Waals surface area contributed by atoms with Crippen molar-refractivity contribution in [2.75, 3.05) is 39.9 Å². The zero-order chi connectivity index (χ0) is 21.2. The van der Waals surface area contributed by atoms with E-state index >= 15 is 0 Å². The normalized spacial score (nSPS) is 16.1. The number of nitrogens with one attached hydrogen (secondary N) is 2. The van der Waals surface area contributed by atoms with Gasteiger partial charge >= 0.3 is 0 Å². The SMILES string of the molecule is CCC(CC)C(CNC(=NC)NCc1nncn1-c1ccccc1)N1CCOCC1.I. The number of hydrogen-bond donors (Lipinski definition) is 2. The molecule has 3 rings (SSSR count). The molecule has 0 bridgehead atoms. The summed E-state index contributed by atoms with van der Waals surface area (Å²) >= 11 is 0. The zero-order valence-electron chi connectivity index (χ0n) is 18.8. The van der Waals surface area contributed by atoms with Gasteiger partial charge in [0.1, 0.15) is 6.33 Å². The lowest BCUT2D eigenvalue weighted by Crippen LogP contribution is -2.53. The third-order valence-electron chi connectivity index (χ3n) is 5.88. The first-order chi connectivity index (χ1) is 14.8. The molecule has 2 heterocycles. The highest BCUT2D eigenvalue weighted by Gasteiger charge is 2.27. The molecule has 1 aliphatic rings. The second-order valence-electron chi connectivity index (χ2n) is 7.55. The minimum absolute atomic E-state index is 0. The van der Waals surface area contributed by atoms with Gasteiger partial charge in [-0.15, -0.1) is 34.2 Å². The van der Waals surface area contributed by atoms with Crippen LogP contribution in [0.4, 0.5) is 0 Å². The van der Waals surface area contributed by atoms with Crippen molar-refractivity contribution in [2.45, 2.75) is 39.3 Å². The van der Waals surface area contributed by atoms with Crippen LogP contribution in [0.3, 0.4) is 0 Å². The van der Waals surface area contributed by atoms with Crippen LogP contribution in [-0.2, 0) is 11.3 Å². The summed E-state index contributed by atoms with van der Waals surface area (Å²) < 4.78 is 7.55. The first-order valence-corrected chi connectivity index (χ1v) is 11.0. The quantitative estimate of drug-likeness (QED) is 0.289. The Morgan fingerprint density at radius 3 is 2.48 bits per heavy atom. The molecule has 0 aliphatic carbocycles. The Labute approximate surface area is 202 Å². The fraction of sp³-hybridized carbons (Fsp3) is 0.591. The minimum atomic E-state index is 0. The topological polar surface area (TPSA) is 79.6 Å². The molecule has 1 fully saturated rings. The molecule has 0 saturated carbocycles. The Morgan fingerprint density at radius 1 is 1.13 bits per heavy atom. The first-order valence-electron chi connectivity index (χ1n) is 11.0. The number of morpholine rings is 1. The number of para-hydroxylation sites is 1. The highest BCUT2D eigenvalue weighted by molar-refractivity contribution is 14.0. The number of hydrogen-bond acceptors (Lipinski definition) is 5. The second-order valence-corrected chi connectivity index (χ2v) is 7.55. The molecule has 1 aromatic carbocycles. The lowest BCUT2D eigenvalue weighted by molar-refractivity contribution is 0.00272. The largest absolute Gasteiger partial charge is 0.379 e. The predicted octanol–water partition coefficient (Wildman–Crippen LogP) is 2.69. The van der Waals surface area contributed by atoms with Crippen LogP contribution in [0.1, 0.15) is 32.5 Å². The van der Waals surface area contributed by atoms with Crippen LogP contribution in [0.5, 0.6) is 0 Å². The number of benzene rings is 1. The third kappa shape index (κ3) is 7.15. The summed E-state index contributed by atoms with van der Waals surface area (Å²) in [5.74, 6) is 2.27. The molecule has 2 aromatic rings. The van der Waals surface area contributed by atoms with E-state index in [-0.39, 0.29) is 24.0 Å². The summed E-state index contributed by atoms with van der Waals surface area (Å²) in [6, 6.07) is 10.6. The Balaban J connectivity index is 0.00000341. The van der Waals surface area contributed by atoms with Crippen molar-refractivity contribution in [1.82, 2.24) is 30.3 Å². The summed E-state index contributed by atoms with van der Waals surface area (Å²) in [6.45, 7) is 9.59. The second kappa shape index (κ2) is 13.6. The Morgan fingerprint density at radius 2 is 1.84 bits per heavy atom. The lowest BCUT2D eigenvalue weighted by Gasteiger charge is -2.39. The van der Waals surface area contributed by atoms with Crippen molar-refractivity contribution in [3.8, 4) is 5.69 Å². The monoisotopic (exact) mass is 541 g/mol. The van der Waals surface area contributed by atoms with Gasteiger partial charge in [-0.05, 0) is 18.1 Å². The van der Waals surface area contributed by atoms with Crippen LogP contribution in [-0.4, -0.2) is 71.6 Å². The molecular weight excluding hydrogens is 505 g/mol. The van der Waals surface area contributed by atoms with Crippen LogP contribution in [0, 0.1) is 5.92 Å². The fourth-order valence-corrected chi connectivity index (χ4v) is 4.10. The average Bonchev–Trinajstić information content (AvgIpc) is 3.28. The van der Waals surface area contributed by atoms with Gasteiger partial charge in [-0.1, -0.05) is 44.9 Å². The van der Waals surface area contributed by atoms with Crippen LogP contribution in [0.15, 0.2) is 41.7 Å². The van der Waals surface area contributed by atoms with Gasteiger partial charge in [-0.3, -0.25) is 14.5 Å². The van der Waals surface area contributed by atoms with E-state index in [4.69, 9.17) is 4.74 Å². The van der Waals surface area contributed by atoms with Crippen molar-refractivity contribution in [1.29, 1.82) is 0 Å². The van der Waals surface area contributed by atoms with Crippen LogP contribution < -0.4 is 10.6 Å². The van der Waals surface area contributed by atoms with E-state index in [2.05, 4.69) is 44.6 Å². The third-order valence-corrected chi connectivity index (χ3v) is 5.88. The van der Waals surface area contributed by atoms with E-state index in [1.54, 1.807) is 13.4 Å². The van der Waals surface area contributed by atoms with Crippen molar-refractivity contribution in [2.24, 2.45) is 10.9 Å². The van der Waals surface area contributed by atoms with Gasteiger partial charge < -0.3 is 15.4 Å². The number of nitrogens with zero attached hydrogens (tertiary/aromatic N) is 5. The van der Waals surface area contributed by atoms with Crippen LogP contribution in [0.2, 0.25) is 0 Å². The van der Waals surface area contributed by atoms with Gasteiger partial charge in [-0.2, -0.15) is 0 Å². The molecule has 1 aliphatic heterocycles. The number of ether oxygens (including phenoxy) is 1. The van der Waals surface area contributed by atoms with Crippen LogP contribution >= 0.6 is 24.0 Å². The Bertz CT molecular complexity index is 773. The predicted molar refractivity (Wildman–Crippen MR) is 135 cm³/mol. The van der Waals surface area contributed by atoms with Crippen LogP contribution in [0.25, 0.3) is 5.69 Å². The molecule has 0 radical (unpaired) electrons. The van der Waals surface area contributed by atoms with Crippen molar-refractivity contribution in [3.05, 3.63) is 42.5 Å². The van der Waals surface area contributed by atoms with Crippen molar-refractivity contribution in [3.63, 3.8) is 0 Å². The van der Waals surface area contributed by atoms with Gasteiger partial charge in [0, 0.05) is 38.4 Å². The molecule has 0 amide bonds. The highest BCUT2D eigenvalue weighted by atomic mass is 127. The highest BCUT2D eigenvalue weighted by Crippen LogP contribution is 2.19. The standard InChI is InChI=1S/C22H35N7O.HI/c1-4-18(5-2)20(28-11-13-30-14-12-28)15-24-22(23-3)25-16-21-27-26-17-29(21)19-9-7-6-8-10-19;/h6-10,17-18,20H,4-5,11-16H2,1-3H3,(H2,23,24,25);1H. The summed E-state index contributed by atoms with van der Waals surface area (Å²) in [5, 5.41) is 15.3. The molecule has 0 spiro atoms. The molecule has 9 heteroatoms. The van der Waals surface area contributed by atoms with Gasteiger partial charge in [0.15, 0.2) is 11.8 Å². The maximum absolute atomic E-state index is 5.56. The molecule has 1 aromatic heterocycles. The van der Waals surface area contributed by atoms with E-state index in [1.807, 2.05) is 34.9 Å². The molecular formula is C22H36IN7O. The molecule has 8 nitrogen and oxygen atoms in total. The number of halogens is 1. The molecule has 1 saturated heterocycles. The number of aromatic nitrogens is 3. The molecule has 1 unspecified atom stereocenters. The molecule has 172 valence electrons. The lowest BCUT2D eigenvalue weighted by atomic mass is 9.92. The fourth-order valence-electron chi connectivity index (χ4n) is 4.10. The van der Waals surface area contributed by atoms with E-state index in [1.165, 1.54) is 12.8 Å². The van der Waals surface area contributed by atoms with Gasteiger partial charge in [-0.25, -0.2) is 0 Å². The van der Waals surface area contributed by atoms with Gasteiger partial charge in [0.2, 0.25) is 0 Å². The Kier molecular flexibility index (Phi) is 11.2. The maximum atomic E-state index is 5.56. The summed E-state index contributed by atoms with van der Waals surface area (Å²) in [6.07, 6.45) is 4.09.